The molecule has 1 N–H and O–H groups in total. The van der Waals surface area contributed by atoms with Gasteiger partial charge in [-0.15, -0.1) is 0 Å². The lowest BCUT2D eigenvalue weighted by atomic mass is 9.77. The molecule has 3 unspecified atom stereocenters. The van der Waals surface area contributed by atoms with Crippen molar-refractivity contribution in [2.45, 2.75) is 18.4 Å². The number of hydrogen-bond donors (Lipinski definition) is 1. The monoisotopic (exact) mass is 520 g/mol. The average Bonchev–Trinajstić information content (AvgIpc) is 3.47. The maximum atomic E-state index is 14.3. The van der Waals surface area contributed by atoms with Gasteiger partial charge < -0.3 is 19.2 Å². The highest BCUT2D eigenvalue weighted by Gasteiger charge is 2.45. The first-order valence-corrected chi connectivity index (χ1v) is 12.8. The van der Waals surface area contributed by atoms with E-state index >= 15 is 0 Å². The number of hydrogen-bond acceptors (Lipinski definition) is 6. The summed E-state index contributed by atoms with van der Waals surface area (Å²) in [5.74, 6) is 0.781. The van der Waals surface area contributed by atoms with Crippen molar-refractivity contribution in [2.24, 2.45) is 5.92 Å². The summed E-state index contributed by atoms with van der Waals surface area (Å²) in [5.41, 5.74) is 3.46. The van der Waals surface area contributed by atoms with Crippen molar-refractivity contribution in [3.63, 3.8) is 0 Å². The molecule has 0 fully saturated rings. The molecule has 0 saturated carbocycles. The minimum absolute atomic E-state index is 0.0138. The third kappa shape index (κ3) is 4.36. The molecule has 0 radical (unpaired) electrons. The highest BCUT2D eigenvalue weighted by atomic mass is 16.5. The Hall–Kier alpha value is -4.78. The lowest BCUT2D eigenvalue weighted by Gasteiger charge is -2.37. The Bertz CT molecular complexity index is 1540. The Balaban J connectivity index is 1.59. The van der Waals surface area contributed by atoms with Crippen molar-refractivity contribution in [1.82, 2.24) is 0 Å². The molecule has 6 rings (SSSR count). The largest absolute Gasteiger partial charge is 0.493 e. The predicted octanol–water partition coefficient (Wildman–Crippen LogP) is 6.37. The normalized spacial score (nSPS) is 20.2. The van der Waals surface area contributed by atoms with E-state index in [9.17, 15) is 9.59 Å². The van der Waals surface area contributed by atoms with Crippen molar-refractivity contribution in [3.8, 4) is 11.5 Å². The van der Waals surface area contributed by atoms with Gasteiger partial charge in [0, 0.05) is 23.6 Å². The zero-order chi connectivity index (χ0) is 26.9. The number of ketones is 1. The number of nitrogens with zero attached hydrogens (tertiary/aromatic N) is 1. The number of rotatable bonds is 5. The molecular formula is C32H28N2O5. The molecule has 0 spiro atoms. The first-order chi connectivity index (χ1) is 19.1. The van der Waals surface area contributed by atoms with E-state index in [4.69, 9.17) is 13.9 Å². The van der Waals surface area contributed by atoms with Crippen molar-refractivity contribution in [3.05, 3.63) is 120 Å². The van der Waals surface area contributed by atoms with Crippen LogP contribution >= 0.6 is 0 Å². The van der Waals surface area contributed by atoms with Crippen LogP contribution in [0.5, 0.6) is 11.5 Å². The fraction of sp³-hybridized carbons (Fsp3) is 0.188. The van der Waals surface area contributed by atoms with Gasteiger partial charge in [0.2, 0.25) is 0 Å². The van der Waals surface area contributed by atoms with E-state index in [1.54, 1.807) is 37.5 Å². The predicted molar refractivity (Wildman–Crippen MR) is 148 cm³/mol. The maximum Gasteiger partial charge on any atom is 0.258 e. The molecular weight excluding hydrogens is 492 g/mol. The summed E-state index contributed by atoms with van der Waals surface area (Å²) in [4.78, 5) is 30.1. The first kappa shape index (κ1) is 24.6. The van der Waals surface area contributed by atoms with Crippen molar-refractivity contribution in [2.75, 3.05) is 24.4 Å². The zero-order valence-electron chi connectivity index (χ0n) is 21.7. The number of ether oxygens (including phenoxy) is 2. The third-order valence-electron chi connectivity index (χ3n) is 7.42. The standard InChI is InChI=1S/C32H28N2O5/c1-37-28-15-14-21(19-29(28)38-2)31-30-24(17-22(18-26(30)35)27-13-8-16-39-27)33-23-11-6-7-12-25(23)34(31)32(36)20-9-4-3-5-10-20/h3-17,19,22,30-31,33H,18H2,1-2H3. The summed E-state index contributed by atoms with van der Waals surface area (Å²) in [6, 6.07) is 25.4. The van der Waals surface area contributed by atoms with Gasteiger partial charge in [-0.25, -0.2) is 0 Å². The van der Waals surface area contributed by atoms with Crippen LogP contribution in [0.25, 0.3) is 0 Å². The molecule has 1 aromatic heterocycles. The molecule has 1 aliphatic heterocycles. The van der Waals surface area contributed by atoms with Crippen LogP contribution in [0.3, 0.4) is 0 Å². The summed E-state index contributed by atoms with van der Waals surface area (Å²) in [7, 11) is 3.15. The van der Waals surface area contributed by atoms with Crippen molar-refractivity contribution < 1.29 is 23.5 Å². The molecule has 4 aromatic rings. The van der Waals surface area contributed by atoms with Crippen LogP contribution < -0.4 is 19.7 Å². The van der Waals surface area contributed by atoms with E-state index in [0.717, 1.165) is 22.7 Å². The van der Waals surface area contributed by atoms with Crippen LogP contribution in [-0.2, 0) is 4.79 Å². The van der Waals surface area contributed by atoms with Crippen molar-refractivity contribution in [1.29, 1.82) is 0 Å². The van der Waals surface area contributed by atoms with E-state index in [1.807, 2.05) is 72.8 Å². The lowest BCUT2D eigenvalue weighted by molar-refractivity contribution is -0.123. The third-order valence-corrected chi connectivity index (χ3v) is 7.42. The summed E-state index contributed by atoms with van der Waals surface area (Å²) in [6.45, 7) is 0. The van der Waals surface area contributed by atoms with E-state index in [-0.39, 0.29) is 24.0 Å². The molecule has 1 amide bonds. The van der Waals surface area contributed by atoms with Gasteiger partial charge in [-0.05, 0) is 54.1 Å². The first-order valence-electron chi connectivity index (χ1n) is 12.8. The molecule has 39 heavy (non-hydrogen) atoms. The second-order valence-electron chi connectivity index (χ2n) is 9.63. The van der Waals surface area contributed by atoms with E-state index in [1.165, 1.54) is 0 Å². The number of allylic oxidation sites excluding steroid dienone is 1. The molecule has 7 heteroatoms. The van der Waals surface area contributed by atoms with E-state index in [2.05, 4.69) is 11.4 Å². The van der Waals surface area contributed by atoms with Gasteiger partial charge >= 0.3 is 0 Å². The Kier molecular flexibility index (Phi) is 6.40. The van der Waals surface area contributed by atoms with Gasteiger partial charge in [0.05, 0.1) is 43.8 Å². The number of fused-ring (bicyclic) bond motifs is 2. The number of furan rings is 1. The lowest BCUT2D eigenvalue weighted by Crippen LogP contribution is -2.42. The maximum absolute atomic E-state index is 14.3. The minimum atomic E-state index is -0.648. The molecule has 7 nitrogen and oxygen atoms in total. The Morgan fingerprint density at radius 1 is 0.923 bits per heavy atom. The Morgan fingerprint density at radius 3 is 2.44 bits per heavy atom. The molecule has 3 aromatic carbocycles. The number of anilines is 2. The zero-order valence-corrected chi connectivity index (χ0v) is 21.7. The van der Waals surface area contributed by atoms with E-state index in [0.29, 0.717) is 22.7 Å². The second-order valence-corrected chi connectivity index (χ2v) is 9.63. The number of methoxy groups -OCH3 is 2. The topological polar surface area (TPSA) is 81.0 Å². The second kappa shape index (κ2) is 10.2. The number of carbonyl (C=O) groups is 2. The smallest absolute Gasteiger partial charge is 0.258 e. The fourth-order valence-corrected chi connectivity index (χ4v) is 5.62. The quantitative estimate of drug-likeness (QED) is 0.330. The summed E-state index contributed by atoms with van der Waals surface area (Å²) < 4.78 is 16.8. The minimum Gasteiger partial charge on any atom is -0.493 e. The summed E-state index contributed by atoms with van der Waals surface area (Å²) in [5, 5.41) is 3.52. The van der Waals surface area contributed by atoms with Crippen molar-refractivity contribution >= 4 is 23.1 Å². The Morgan fingerprint density at radius 2 is 1.69 bits per heavy atom. The number of benzene rings is 3. The fourth-order valence-electron chi connectivity index (χ4n) is 5.62. The highest BCUT2D eigenvalue weighted by molar-refractivity contribution is 6.09. The van der Waals surface area contributed by atoms with Gasteiger partial charge in [0.1, 0.15) is 11.5 Å². The highest BCUT2D eigenvalue weighted by Crippen LogP contribution is 2.49. The van der Waals surface area contributed by atoms with Gasteiger partial charge in [0.25, 0.3) is 5.91 Å². The summed E-state index contributed by atoms with van der Waals surface area (Å²) >= 11 is 0. The van der Waals surface area contributed by atoms with Crippen LogP contribution in [-0.4, -0.2) is 25.9 Å². The van der Waals surface area contributed by atoms with Crippen LogP contribution in [0.1, 0.15) is 40.1 Å². The molecule has 196 valence electrons. The Labute approximate surface area is 226 Å². The number of Topliss-reactive ketones (excluding diaryl/α,β-unsaturated/α-hetero) is 1. The number of amides is 1. The molecule has 2 aliphatic rings. The molecule has 1 aliphatic carbocycles. The van der Waals surface area contributed by atoms with E-state index < -0.39 is 12.0 Å². The number of carbonyl (C=O) groups excluding carboxylic acids is 2. The molecule has 0 bridgehead atoms. The van der Waals surface area contributed by atoms with Gasteiger partial charge in [-0.1, -0.05) is 42.5 Å². The van der Waals surface area contributed by atoms with Gasteiger partial charge in [-0.3, -0.25) is 14.5 Å². The van der Waals surface area contributed by atoms with Gasteiger partial charge in [0.15, 0.2) is 11.5 Å². The van der Waals surface area contributed by atoms with Gasteiger partial charge in [-0.2, -0.15) is 0 Å². The SMILES string of the molecule is COc1ccc(C2C3C(=O)CC(c4ccco4)C=C3Nc3ccccc3N2C(=O)c2ccccc2)cc1OC. The number of nitrogens with one attached hydrogen (secondary N) is 1. The average molecular weight is 521 g/mol. The summed E-state index contributed by atoms with van der Waals surface area (Å²) in [6.07, 6.45) is 3.94. The van der Waals surface area contributed by atoms with Crippen LogP contribution in [0, 0.1) is 5.92 Å². The molecule has 0 saturated heterocycles. The van der Waals surface area contributed by atoms with Crippen LogP contribution in [0.15, 0.2) is 107 Å². The van der Waals surface area contributed by atoms with Crippen LogP contribution in [0.4, 0.5) is 11.4 Å². The van der Waals surface area contributed by atoms with Crippen LogP contribution in [0.2, 0.25) is 0 Å². The number of para-hydroxylation sites is 2. The molecule has 2 heterocycles. The molecule has 3 atom stereocenters.